The van der Waals surface area contributed by atoms with E-state index in [0.29, 0.717) is 54.6 Å². The molecule has 1 aromatic rings. The molecular formula is C16H22F2N2O3S2. The van der Waals surface area contributed by atoms with Gasteiger partial charge in [0.25, 0.3) is 11.7 Å². The number of likely N-dealkylation sites (tertiary alicyclic amines) is 1. The number of carbonyl (C=O) groups excluding carboxylic acids is 1. The summed E-state index contributed by atoms with van der Waals surface area (Å²) in [6.45, 7) is 2.74. The number of halogens is 2. The predicted molar refractivity (Wildman–Crippen MR) is 94.4 cm³/mol. The molecule has 1 saturated heterocycles. The maximum Gasteiger partial charge on any atom is 0.288 e. The molecule has 0 bridgehead atoms. The molecule has 0 radical (unpaired) electrons. The number of hydrogen-bond donors (Lipinski definition) is 1. The van der Waals surface area contributed by atoms with Gasteiger partial charge in [-0.25, -0.2) is 13.1 Å². The van der Waals surface area contributed by atoms with Crippen LogP contribution >= 0.6 is 11.8 Å². The first-order chi connectivity index (χ1) is 11.8. The van der Waals surface area contributed by atoms with E-state index in [2.05, 4.69) is 4.72 Å². The molecule has 1 amide bonds. The minimum absolute atomic E-state index is 0.106. The Balaban J connectivity index is 1.88. The highest BCUT2D eigenvalue weighted by molar-refractivity contribution is 7.99. The third kappa shape index (κ3) is 6.23. The number of alkyl halides is 2. The van der Waals surface area contributed by atoms with E-state index in [1.807, 2.05) is 6.92 Å². The quantitative estimate of drug-likeness (QED) is 0.725. The third-order valence-corrected chi connectivity index (χ3v) is 6.29. The molecule has 0 unspecified atom stereocenters. The van der Waals surface area contributed by atoms with Gasteiger partial charge in [0.1, 0.15) is 0 Å². The SMILES string of the molecule is CCCS(=O)(=O)NC1CCN(C(=O)c2ccc(SC(F)F)cc2)CC1. The lowest BCUT2D eigenvalue weighted by Gasteiger charge is -2.32. The van der Waals surface area contributed by atoms with Gasteiger partial charge in [0, 0.05) is 29.6 Å². The van der Waals surface area contributed by atoms with Gasteiger partial charge in [-0.3, -0.25) is 4.79 Å². The fraction of sp³-hybridized carbons (Fsp3) is 0.562. The average molecular weight is 392 g/mol. The van der Waals surface area contributed by atoms with E-state index in [1.165, 1.54) is 12.1 Å². The standard InChI is InChI=1S/C16H22F2N2O3S2/c1-2-11-25(22,23)19-13-7-9-20(10-8-13)15(21)12-3-5-14(6-4-12)24-16(17)18/h3-6,13,16,19H,2,7-11H2,1H3. The van der Waals surface area contributed by atoms with Crippen LogP contribution in [0.1, 0.15) is 36.5 Å². The Labute approximate surface area is 151 Å². The fourth-order valence-electron chi connectivity index (χ4n) is 2.74. The van der Waals surface area contributed by atoms with E-state index in [-0.39, 0.29) is 17.7 Å². The van der Waals surface area contributed by atoms with E-state index in [0.717, 1.165) is 0 Å². The Morgan fingerprint density at radius 2 is 1.88 bits per heavy atom. The first kappa shape index (κ1) is 20.1. The van der Waals surface area contributed by atoms with Crippen LogP contribution in [0.3, 0.4) is 0 Å². The molecule has 1 heterocycles. The van der Waals surface area contributed by atoms with Crippen LogP contribution in [0.4, 0.5) is 8.78 Å². The maximum atomic E-state index is 12.5. The van der Waals surface area contributed by atoms with Crippen LogP contribution in [0, 0.1) is 0 Å². The third-order valence-electron chi connectivity index (χ3n) is 3.93. The van der Waals surface area contributed by atoms with E-state index in [1.54, 1.807) is 17.0 Å². The highest BCUT2D eigenvalue weighted by Gasteiger charge is 2.26. The molecule has 25 heavy (non-hydrogen) atoms. The summed E-state index contributed by atoms with van der Waals surface area (Å²) in [5.74, 6) is -2.55. The fourth-order valence-corrected chi connectivity index (χ4v) is 4.64. The van der Waals surface area contributed by atoms with E-state index >= 15 is 0 Å². The van der Waals surface area contributed by atoms with Crippen molar-refractivity contribution in [2.75, 3.05) is 18.8 Å². The summed E-state index contributed by atoms with van der Waals surface area (Å²) in [7, 11) is -3.25. The molecule has 1 fully saturated rings. The monoisotopic (exact) mass is 392 g/mol. The number of thioether (sulfide) groups is 1. The van der Waals surface area contributed by atoms with E-state index in [4.69, 9.17) is 0 Å². The number of amides is 1. The van der Waals surface area contributed by atoms with Gasteiger partial charge in [0.15, 0.2) is 0 Å². The smallest absolute Gasteiger partial charge is 0.288 e. The van der Waals surface area contributed by atoms with Crippen molar-refractivity contribution < 1.29 is 22.0 Å². The number of benzene rings is 1. The van der Waals surface area contributed by atoms with E-state index < -0.39 is 15.8 Å². The number of piperidine rings is 1. The number of nitrogens with zero attached hydrogens (tertiary/aromatic N) is 1. The van der Waals surface area contributed by atoms with Crippen molar-refractivity contribution in [3.63, 3.8) is 0 Å². The van der Waals surface area contributed by atoms with Gasteiger partial charge in [0.2, 0.25) is 10.0 Å². The number of sulfonamides is 1. The minimum Gasteiger partial charge on any atom is -0.339 e. The Hall–Kier alpha value is -1.19. The van der Waals surface area contributed by atoms with Crippen molar-refractivity contribution in [2.24, 2.45) is 0 Å². The highest BCUT2D eigenvalue weighted by Crippen LogP contribution is 2.25. The minimum atomic E-state index is -3.25. The number of carbonyl (C=O) groups is 1. The van der Waals surface area contributed by atoms with Gasteiger partial charge in [-0.2, -0.15) is 8.78 Å². The van der Waals surface area contributed by atoms with E-state index in [9.17, 15) is 22.0 Å². The number of nitrogens with one attached hydrogen (secondary N) is 1. The zero-order valence-electron chi connectivity index (χ0n) is 14.0. The Bertz CT molecular complexity index is 673. The van der Waals surface area contributed by atoms with Crippen molar-refractivity contribution in [1.82, 2.24) is 9.62 Å². The summed E-state index contributed by atoms with van der Waals surface area (Å²) in [5.41, 5.74) is 0.448. The van der Waals surface area contributed by atoms with Crippen LogP contribution in [0.5, 0.6) is 0 Å². The van der Waals surface area contributed by atoms with Crippen LogP contribution in [0.25, 0.3) is 0 Å². The Kier molecular flexibility index (Phi) is 7.21. The predicted octanol–water partition coefficient (Wildman–Crippen LogP) is 2.94. The molecule has 0 saturated carbocycles. The van der Waals surface area contributed by atoms with Gasteiger partial charge in [-0.1, -0.05) is 18.7 Å². The molecule has 140 valence electrons. The largest absolute Gasteiger partial charge is 0.339 e. The molecule has 1 aliphatic heterocycles. The summed E-state index contributed by atoms with van der Waals surface area (Å²) in [6, 6.07) is 5.96. The van der Waals surface area contributed by atoms with Crippen molar-refractivity contribution in [2.45, 2.75) is 42.9 Å². The number of rotatable bonds is 7. The van der Waals surface area contributed by atoms with Gasteiger partial charge >= 0.3 is 0 Å². The molecule has 0 aromatic heterocycles. The van der Waals surface area contributed by atoms with Crippen LogP contribution < -0.4 is 4.72 Å². The first-order valence-corrected chi connectivity index (χ1v) is 10.7. The molecular weight excluding hydrogens is 370 g/mol. The highest BCUT2D eigenvalue weighted by atomic mass is 32.2. The van der Waals surface area contributed by atoms with Gasteiger partial charge in [-0.15, -0.1) is 0 Å². The molecule has 0 atom stereocenters. The molecule has 0 aliphatic carbocycles. The lowest BCUT2D eigenvalue weighted by Crippen LogP contribution is -2.46. The van der Waals surface area contributed by atoms with Crippen LogP contribution in [0.2, 0.25) is 0 Å². The van der Waals surface area contributed by atoms with Gasteiger partial charge < -0.3 is 4.90 Å². The number of hydrogen-bond acceptors (Lipinski definition) is 4. The maximum absolute atomic E-state index is 12.5. The van der Waals surface area contributed by atoms with Gasteiger partial charge in [0.05, 0.1) is 5.75 Å². The van der Waals surface area contributed by atoms with Crippen molar-refractivity contribution >= 4 is 27.7 Å². The Morgan fingerprint density at radius 1 is 1.28 bits per heavy atom. The van der Waals surface area contributed by atoms with Crippen LogP contribution in [-0.4, -0.2) is 49.9 Å². The summed E-state index contributed by atoms with van der Waals surface area (Å²) in [4.78, 5) is 14.5. The molecule has 0 spiro atoms. The summed E-state index contributed by atoms with van der Waals surface area (Å²) >= 11 is 0.441. The lowest BCUT2D eigenvalue weighted by molar-refractivity contribution is 0.0711. The second-order valence-corrected chi connectivity index (χ2v) is 8.84. The second kappa shape index (κ2) is 8.95. The molecule has 1 aliphatic rings. The molecule has 2 rings (SSSR count). The molecule has 5 nitrogen and oxygen atoms in total. The van der Waals surface area contributed by atoms with Crippen molar-refractivity contribution in [3.8, 4) is 0 Å². The topological polar surface area (TPSA) is 66.5 Å². The normalized spacial score (nSPS) is 16.4. The summed E-state index contributed by atoms with van der Waals surface area (Å²) in [5, 5.41) is 0. The van der Waals surface area contributed by atoms with Gasteiger partial charge in [-0.05, 0) is 43.5 Å². The summed E-state index contributed by atoms with van der Waals surface area (Å²) in [6.07, 6.45) is 1.69. The van der Waals surface area contributed by atoms with Crippen molar-refractivity contribution in [1.29, 1.82) is 0 Å². The van der Waals surface area contributed by atoms with Crippen LogP contribution in [-0.2, 0) is 10.0 Å². The summed E-state index contributed by atoms with van der Waals surface area (Å²) < 4.78 is 50.9. The molecule has 1 aromatic carbocycles. The zero-order chi connectivity index (χ0) is 18.4. The molecule has 9 heteroatoms. The lowest BCUT2D eigenvalue weighted by atomic mass is 10.0. The van der Waals surface area contributed by atoms with Crippen LogP contribution in [0.15, 0.2) is 29.2 Å². The second-order valence-electron chi connectivity index (χ2n) is 5.91. The average Bonchev–Trinajstić information content (AvgIpc) is 2.54. The first-order valence-electron chi connectivity index (χ1n) is 8.15. The Morgan fingerprint density at radius 3 is 2.40 bits per heavy atom. The zero-order valence-corrected chi connectivity index (χ0v) is 15.6. The molecule has 1 N–H and O–H groups in total. The van der Waals surface area contributed by atoms with Crippen molar-refractivity contribution in [3.05, 3.63) is 29.8 Å².